The van der Waals surface area contributed by atoms with Gasteiger partial charge in [-0.2, -0.15) is 21.8 Å². The highest BCUT2D eigenvalue weighted by Crippen LogP contribution is 2.50. The number of benzene rings is 1. The zero-order valence-corrected chi connectivity index (χ0v) is 22.9. The number of carbonyl (C=O) groups is 1. The molecule has 2 heterocycles. The van der Waals surface area contributed by atoms with Gasteiger partial charge in [0.15, 0.2) is 11.0 Å². The number of halogens is 3. The molecule has 0 saturated heterocycles. The summed E-state index contributed by atoms with van der Waals surface area (Å²) in [4.78, 5) is 21.3. The van der Waals surface area contributed by atoms with Crippen molar-refractivity contribution in [2.45, 2.75) is 30.3 Å². The molecule has 2 aromatic rings. The molecule has 0 saturated carbocycles. The Kier molecular flexibility index (Phi) is 7.77. The van der Waals surface area contributed by atoms with Crippen LogP contribution in [0, 0.1) is 0 Å². The fourth-order valence-electron chi connectivity index (χ4n) is 4.64. The van der Waals surface area contributed by atoms with Crippen molar-refractivity contribution >= 4 is 38.9 Å². The summed E-state index contributed by atoms with van der Waals surface area (Å²) in [5, 5.41) is 1.69. The number of methoxy groups -OCH3 is 1. The highest BCUT2D eigenvalue weighted by Gasteiger charge is 2.60. The van der Waals surface area contributed by atoms with Gasteiger partial charge in [0.2, 0.25) is 16.0 Å². The number of hydrogen-bond acceptors (Lipinski definition) is 9. The Morgan fingerprint density at radius 2 is 2.08 bits per heavy atom. The SMILES string of the molecule is CCN(C[C@@H]1[S+]([O-])N(C)C(N)=N[C@@]12Cc1ccc(NC(=O)c3ccc(OC)cn3)cc12)S(=O)(=O)CC(F)(F)F. The van der Waals surface area contributed by atoms with Crippen molar-refractivity contribution in [3.05, 3.63) is 53.3 Å². The number of pyridine rings is 1. The number of nitrogens with zero attached hydrogens (tertiary/aromatic N) is 4. The van der Waals surface area contributed by atoms with Crippen LogP contribution in [0.4, 0.5) is 18.9 Å². The molecule has 1 aliphatic carbocycles. The number of anilines is 1. The summed E-state index contributed by atoms with van der Waals surface area (Å²) in [7, 11) is -1.87. The van der Waals surface area contributed by atoms with Crippen molar-refractivity contribution in [1.82, 2.24) is 13.6 Å². The largest absolute Gasteiger partial charge is 0.593 e. The van der Waals surface area contributed by atoms with E-state index in [-0.39, 0.29) is 24.6 Å². The minimum absolute atomic E-state index is 0.0618. The lowest BCUT2D eigenvalue weighted by Gasteiger charge is -2.50. The van der Waals surface area contributed by atoms with Crippen molar-refractivity contribution in [3.63, 3.8) is 0 Å². The van der Waals surface area contributed by atoms with Gasteiger partial charge in [0.05, 0.1) is 38.3 Å². The molecular weight excluding hydrogens is 561 g/mol. The van der Waals surface area contributed by atoms with Gasteiger partial charge in [-0.1, -0.05) is 13.0 Å². The Morgan fingerprint density at radius 3 is 2.67 bits per heavy atom. The fraction of sp³-hybridized carbons (Fsp3) is 0.435. The molecule has 11 nitrogen and oxygen atoms in total. The summed E-state index contributed by atoms with van der Waals surface area (Å²) in [6.45, 7) is 0.667. The van der Waals surface area contributed by atoms with Gasteiger partial charge in [-0.05, 0) is 35.4 Å². The first-order chi connectivity index (χ1) is 18.2. The van der Waals surface area contributed by atoms with Crippen molar-refractivity contribution in [3.8, 4) is 5.75 Å². The number of nitrogens with one attached hydrogen (secondary N) is 1. The zero-order chi connectivity index (χ0) is 28.8. The van der Waals surface area contributed by atoms with Crippen LogP contribution in [0.3, 0.4) is 0 Å². The van der Waals surface area contributed by atoms with E-state index in [2.05, 4.69) is 15.3 Å². The van der Waals surface area contributed by atoms with Crippen LogP contribution < -0.4 is 15.8 Å². The second kappa shape index (κ2) is 10.5. The van der Waals surface area contributed by atoms with Gasteiger partial charge in [-0.15, -0.1) is 0 Å². The molecule has 212 valence electrons. The lowest BCUT2D eigenvalue weighted by Crippen LogP contribution is -2.64. The highest BCUT2D eigenvalue weighted by atomic mass is 32.2. The van der Waals surface area contributed by atoms with E-state index in [0.717, 1.165) is 5.56 Å². The summed E-state index contributed by atoms with van der Waals surface area (Å²) >= 11 is -1.93. The average Bonchev–Trinajstić information content (AvgIpc) is 2.85. The van der Waals surface area contributed by atoms with E-state index in [9.17, 15) is 30.9 Å². The Hall–Kier alpha value is -3.08. The smallest absolute Gasteiger partial charge is 0.404 e. The molecule has 4 rings (SSSR count). The van der Waals surface area contributed by atoms with Gasteiger partial charge >= 0.3 is 6.18 Å². The maximum Gasteiger partial charge on any atom is 0.404 e. The van der Waals surface area contributed by atoms with E-state index in [1.807, 2.05) is 0 Å². The third-order valence-corrected chi connectivity index (χ3v) is 10.3. The van der Waals surface area contributed by atoms with E-state index >= 15 is 0 Å². The standard InChI is InChI=1S/C23H27F3N6O5S2/c1-4-32(39(35,36)13-23(24,25)26)12-19-22(30-21(27)31(2)38(19)34)10-14-5-6-15(9-17(14)22)29-20(33)18-8-7-16(37-3)11-28-18/h5-9,11,19H,4,10,12-13H2,1-3H3,(H2,27,30)(H,29,33)/t19-,22+,38?/m0/s1. The number of amides is 1. The number of hydrogen-bond donors (Lipinski definition) is 2. The van der Waals surface area contributed by atoms with Gasteiger partial charge in [0.25, 0.3) is 5.91 Å². The number of alkyl halides is 3. The summed E-state index contributed by atoms with van der Waals surface area (Å²) in [5.74, 6) is -2.13. The van der Waals surface area contributed by atoms with Crippen molar-refractivity contribution in [1.29, 1.82) is 0 Å². The second-order valence-electron chi connectivity index (χ2n) is 9.06. The first-order valence-electron chi connectivity index (χ1n) is 11.7. The van der Waals surface area contributed by atoms with Crippen LogP contribution >= 0.6 is 0 Å². The number of aromatic nitrogens is 1. The van der Waals surface area contributed by atoms with Gasteiger partial charge < -0.3 is 20.3 Å². The van der Waals surface area contributed by atoms with Crippen LogP contribution in [-0.2, 0) is 33.3 Å². The molecule has 1 amide bonds. The van der Waals surface area contributed by atoms with E-state index in [1.54, 1.807) is 24.3 Å². The number of fused-ring (bicyclic) bond motifs is 2. The predicted octanol–water partition coefficient (Wildman–Crippen LogP) is 1.60. The Bertz CT molecular complexity index is 1390. The van der Waals surface area contributed by atoms with Crippen LogP contribution in [0.2, 0.25) is 0 Å². The first-order valence-corrected chi connectivity index (χ1v) is 14.5. The molecule has 0 fully saturated rings. The molecule has 3 atom stereocenters. The average molecular weight is 589 g/mol. The van der Waals surface area contributed by atoms with Crippen LogP contribution in [0.25, 0.3) is 0 Å². The Morgan fingerprint density at radius 1 is 1.36 bits per heavy atom. The van der Waals surface area contributed by atoms with Crippen molar-refractivity contribution in [2.75, 3.05) is 38.3 Å². The Labute approximate surface area is 226 Å². The van der Waals surface area contributed by atoms with Crippen molar-refractivity contribution < 1.29 is 35.7 Å². The second-order valence-corrected chi connectivity index (χ2v) is 12.7. The van der Waals surface area contributed by atoms with Crippen LogP contribution in [-0.4, -0.2) is 82.9 Å². The van der Waals surface area contributed by atoms with Gasteiger partial charge in [0, 0.05) is 18.7 Å². The van der Waals surface area contributed by atoms with Crippen LogP contribution in [0.5, 0.6) is 5.75 Å². The van der Waals surface area contributed by atoms with Crippen LogP contribution in [0.15, 0.2) is 41.5 Å². The quantitative estimate of drug-likeness (QED) is 0.441. The normalized spacial score (nSPS) is 22.8. The minimum atomic E-state index is -4.94. The van der Waals surface area contributed by atoms with Crippen molar-refractivity contribution in [2.24, 2.45) is 10.7 Å². The van der Waals surface area contributed by atoms with E-state index in [1.165, 1.54) is 37.6 Å². The summed E-state index contributed by atoms with van der Waals surface area (Å²) in [6.07, 6.45) is -3.31. The van der Waals surface area contributed by atoms with Crippen LogP contribution in [0.1, 0.15) is 28.5 Å². The summed E-state index contributed by atoms with van der Waals surface area (Å²) < 4.78 is 84.5. The molecule has 0 bridgehead atoms. The van der Waals surface area contributed by atoms with Gasteiger partial charge in [0.1, 0.15) is 17.0 Å². The molecule has 1 aliphatic heterocycles. The number of nitrogens with two attached hydrogens (primary N) is 1. The molecule has 1 unspecified atom stereocenters. The maximum absolute atomic E-state index is 13.5. The van der Waals surface area contributed by atoms with E-state index in [4.69, 9.17) is 10.5 Å². The molecule has 1 spiro atoms. The topological polar surface area (TPSA) is 153 Å². The van der Waals surface area contributed by atoms with Gasteiger partial charge in [-0.3, -0.25) is 4.79 Å². The highest BCUT2D eigenvalue weighted by molar-refractivity contribution is 7.90. The first kappa shape index (κ1) is 28.9. The molecule has 2 aliphatic rings. The zero-order valence-electron chi connectivity index (χ0n) is 21.2. The van der Waals surface area contributed by atoms with Gasteiger partial charge in [-0.25, -0.2) is 18.4 Å². The summed E-state index contributed by atoms with van der Waals surface area (Å²) in [6, 6.07) is 8.08. The minimum Gasteiger partial charge on any atom is -0.593 e. The van der Waals surface area contributed by atoms with E-state index < -0.39 is 56.6 Å². The monoisotopic (exact) mass is 588 g/mol. The lowest BCUT2D eigenvalue weighted by atomic mass is 9.68. The molecule has 1 aromatic carbocycles. The third-order valence-electron chi connectivity index (χ3n) is 6.64. The molecule has 0 radical (unpaired) electrons. The molecule has 1 aromatic heterocycles. The molecular formula is C23H27F3N6O5S2. The number of rotatable bonds is 8. The Balaban J connectivity index is 1.66. The number of ether oxygens (including phenoxy) is 1. The third kappa shape index (κ3) is 5.64. The number of carbonyl (C=O) groups excluding carboxylic acids is 1. The summed E-state index contributed by atoms with van der Waals surface area (Å²) in [5.41, 5.74) is 6.60. The predicted molar refractivity (Wildman–Crippen MR) is 139 cm³/mol. The maximum atomic E-state index is 13.5. The molecule has 39 heavy (non-hydrogen) atoms. The molecule has 3 N–H and O–H groups in total. The number of guanidine groups is 1. The molecule has 16 heteroatoms. The lowest BCUT2D eigenvalue weighted by molar-refractivity contribution is -0.107. The number of sulfonamides is 1. The fourth-order valence-corrected chi connectivity index (χ4v) is 7.61. The number of aliphatic imine (C=N–C) groups is 1. The van der Waals surface area contributed by atoms with E-state index in [0.29, 0.717) is 21.3 Å².